The number of furan rings is 1. The summed E-state index contributed by atoms with van der Waals surface area (Å²) in [7, 11) is 0. The molecule has 0 aliphatic heterocycles. The fraction of sp³-hybridized carbons (Fsp3) is 0.0769. The summed E-state index contributed by atoms with van der Waals surface area (Å²) in [6, 6.07) is 11.2. The lowest BCUT2D eigenvalue weighted by atomic mass is 10.3. The second-order valence-electron chi connectivity index (χ2n) is 3.86. The number of halogens is 1. The monoisotopic (exact) mass is 336 g/mol. The Balaban J connectivity index is 1.70. The average Bonchev–Trinajstić information content (AvgIpc) is 3.01. The van der Waals surface area contributed by atoms with Crippen LogP contribution in [-0.2, 0) is 6.54 Å². The molecule has 0 bridgehead atoms. The third-order valence-corrected chi connectivity index (χ3v) is 4.00. The number of thiazole rings is 1. The van der Waals surface area contributed by atoms with E-state index >= 15 is 0 Å². The molecular formula is C13H9BrN2O2S. The number of amides is 1. The molecule has 3 rings (SSSR count). The van der Waals surface area contributed by atoms with Crippen molar-refractivity contribution in [1.29, 1.82) is 0 Å². The Labute approximate surface area is 121 Å². The predicted molar refractivity (Wildman–Crippen MR) is 77.2 cm³/mol. The number of carbonyl (C=O) groups excluding carboxylic acids is 1. The zero-order valence-electron chi connectivity index (χ0n) is 9.72. The number of nitrogens with one attached hydrogen (secondary N) is 1. The van der Waals surface area contributed by atoms with Crippen LogP contribution in [0.15, 0.2) is 45.5 Å². The minimum absolute atomic E-state index is 0.245. The van der Waals surface area contributed by atoms with E-state index in [1.54, 1.807) is 23.5 Å². The van der Waals surface area contributed by atoms with E-state index in [4.69, 9.17) is 4.42 Å². The molecule has 2 heterocycles. The number of aromatic nitrogens is 1. The van der Waals surface area contributed by atoms with Gasteiger partial charge in [-0.25, -0.2) is 4.98 Å². The van der Waals surface area contributed by atoms with E-state index in [9.17, 15) is 4.79 Å². The second kappa shape index (κ2) is 5.14. The van der Waals surface area contributed by atoms with E-state index < -0.39 is 0 Å². The van der Waals surface area contributed by atoms with Gasteiger partial charge in [0, 0.05) is 0 Å². The Bertz CT molecular complexity index is 702. The molecule has 2 aromatic heterocycles. The number of hydrogen-bond donors (Lipinski definition) is 1. The highest BCUT2D eigenvalue weighted by Crippen LogP contribution is 2.21. The van der Waals surface area contributed by atoms with Gasteiger partial charge in [0.2, 0.25) is 0 Å². The fourth-order valence-electron chi connectivity index (χ4n) is 1.67. The predicted octanol–water partition coefficient (Wildman–Crippen LogP) is 3.58. The highest BCUT2D eigenvalue weighted by molar-refractivity contribution is 9.10. The molecule has 19 heavy (non-hydrogen) atoms. The van der Waals surface area contributed by atoms with Crippen LogP contribution in [0.3, 0.4) is 0 Å². The molecule has 0 atom stereocenters. The molecule has 1 aromatic carbocycles. The molecule has 0 radical (unpaired) electrons. The van der Waals surface area contributed by atoms with E-state index in [0.717, 1.165) is 15.2 Å². The Morgan fingerprint density at radius 3 is 2.89 bits per heavy atom. The van der Waals surface area contributed by atoms with Crippen LogP contribution in [0.5, 0.6) is 0 Å². The van der Waals surface area contributed by atoms with Crippen molar-refractivity contribution in [3.63, 3.8) is 0 Å². The van der Waals surface area contributed by atoms with Crippen molar-refractivity contribution in [1.82, 2.24) is 10.3 Å². The van der Waals surface area contributed by atoms with Gasteiger partial charge < -0.3 is 9.73 Å². The maximum Gasteiger partial charge on any atom is 0.287 e. The van der Waals surface area contributed by atoms with E-state index in [2.05, 4.69) is 26.2 Å². The van der Waals surface area contributed by atoms with Crippen LogP contribution in [0.1, 0.15) is 15.6 Å². The molecular weight excluding hydrogens is 328 g/mol. The van der Waals surface area contributed by atoms with Gasteiger partial charge in [0.25, 0.3) is 5.91 Å². The van der Waals surface area contributed by atoms with Crippen LogP contribution in [0.4, 0.5) is 0 Å². The highest BCUT2D eigenvalue weighted by Gasteiger charge is 2.11. The topological polar surface area (TPSA) is 55.1 Å². The number of fused-ring (bicyclic) bond motifs is 1. The summed E-state index contributed by atoms with van der Waals surface area (Å²) in [6.07, 6.45) is 0. The van der Waals surface area contributed by atoms with E-state index in [0.29, 0.717) is 11.2 Å². The molecule has 4 nitrogen and oxygen atoms in total. The van der Waals surface area contributed by atoms with Crippen molar-refractivity contribution in [2.45, 2.75) is 6.54 Å². The number of hydrogen-bond acceptors (Lipinski definition) is 4. The molecule has 0 aliphatic rings. The zero-order chi connectivity index (χ0) is 13.2. The number of rotatable bonds is 3. The van der Waals surface area contributed by atoms with Gasteiger partial charge in [0.05, 0.1) is 16.8 Å². The fourth-order valence-corrected chi connectivity index (χ4v) is 2.89. The van der Waals surface area contributed by atoms with Crippen molar-refractivity contribution < 1.29 is 9.21 Å². The molecule has 0 aliphatic carbocycles. The van der Waals surface area contributed by atoms with Gasteiger partial charge in [-0.1, -0.05) is 12.1 Å². The quantitative estimate of drug-likeness (QED) is 0.795. The van der Waals surface area contributed by atoms with E-state index in [1.807, 2.05) is 24.3 Å². The van der Waals surface area contributed by atoms with Crippen molar-refractivity contribution in [3.8, 4) is 0 Å². The van der Waals surface area contributed by atoms with Crippen molar-refractivity contribution in [3.05, 3.63) is 51.8 Å². The first kappa shape index (κ1) is 12.4. The van der Waals surface area contributed by atoms with Crippen LogP contribution >= 0.6 is 27.3 Å². The summed E-state index contributed by atoms with van der Waals surface area (Å²) in [5.74, 6) is 0.0398. The number of benzene rings is 1. The lowest BCUT2D eigenvalue weighted by molar-refractivity contribution is 0.0922. The Kier molecular flexibility index (Phi) is 3.35. The van der Waals surface area contributed by atoms with Crippen LogP contribution in [-0.4, -0.2) is 10.9 Å². The first-order valence-electron chi connectivity index (χ1n) is 5.60. The summed E-state index contributed by atoms with van der Waals surface area (Å²) in [6.45, 7) is 0.399. The molecule has 0 saturated heterocycles. The minimum Gasteiger partial charge on any atom is -0.444 e. The molecule has 1 N–H and O–H groups in total. The Morgan fingerprint density at radius 2 is 2.16 bits per heavy atom. The molecule has 0 saturated carbocycles. The smallest absolute Gasteiger partial charge is 0.287 e. The Hall–Kier alpha value is -1.66. The van der Waals surface area contributed by atoms with Gasteiger partial charge >= 0.3 is 0 Å². The molecule has 0 spiro atoms. The third-order valence-electron chi connectivity index (χ3n) is 2.54. The van der Waals surface area contributed by atoms with E-state index in [1.165, 1.54) is 0 Å². The number of carbonyl (C=O) groups is 1. The standard InChI is InChI=1S/C13H9BrN2O2S/c14-11-6-5-9(18-11)13(17)15-7-12-16-8-3-1-2-4-10(8)19-12/h1-6H,7H2,(H,15,17). The normalized spacial score (nSPS) is 10.8. The molecule has 6 heteroatoms. The lowest BCUT2D eigenvalue weighted by Crippen LogP contribution is -2.22. The summed E-state index contributed by atoms with van der Waals surface area (Å²) in [4.78, 5) is 16.2. The van der Waals surface area contributed by atoms with E-state index in [-0.39, 0.29) is 11.7 Å². The largest absolute Gasteiger partial charge is 0.444 e. The summed E-state index contributed by atoms with van der Waals surface area (Å²) < 4.78 is 6.84. The SMILES string of the molecule is O=C(NCc1nc2ccccc2s1)c1ccc(Br)o1. The lowest BCUT2D eigenvalue weighted by Gasteiger charge is -1.99. The van der Waals surface area contributed by atoms with Gasteiger partial charge in [-0.15, -0.1) is 11.3 Å². The first-order valence-corrected chi connectivity index (χ1v) is 7.21. The zero-order valence-corrected chi connectivity index (χ0v) is 12.1. The first-order chi connectivity index (χ1) is 9.22. The van der Waals surface area contributed by atoms with Gasteiger partial charge in [-0.05, 0) is 40.2 Å². The molecule has 3 aromatic rings. The van der Waals surface area contributed by atoms with Crippen molar-refractivity contribution in [2.75, 3.05) is 0 Å². The number of para-hydroxylation sites is 1. The number of nitrogens with zero attached hydrogens (tertiary/aromatic N) is 1. The molecule has 96 valence electrons. The van der Waals surface area contributed by atoms with Gasteiger partial charge in [-0.2, -0.15) is 0 Å². The third kappa shape index (κ3) is 2.69. The van der Waals surface area contributed by atoms with Crippen molar-refractivity contribution in [2.24, 2.45) is 0 Å². The Morgan fingerprint density at radius 1 is 1.32 bits per heavy atom. The summed E-state index contributed by atoms with van der Waals surface area (Å²) >= 11 is 4.74. The van der Waals surface area contributed by atoms with Crippen LogP contribution in [0.25, 0.3) is 10.2 Å². The minimum atomic E-state index is -0.245. The maximum absolute atomic E-state index is 11.8. The van der Waals surface area contributed by atoms with Crippen LogP contribution in [0, 0.1) is 0 Å². The van der Waals surface area contributed by atoms with Gasteiger partial charge in [-0.3, -0.25) is 4.79 Å². The molecule has 0 unspecified atom stereocenters. The molecule has 1 amide bonds. The van der Waals surface area contributed by atoms with Gasteiger partial charge in [0.15, 0.2) is 10.4 Å². The van der Waals surface area contributed by atoms with Crippen LogP contribution < -0.4 is 5.32 Å². The average molecular weight is 337 g/mol. The highest BCUT2D eigenvalue weighted by atomic mass is 79.9. The van der Waals surface area contributed by atoms with Crippen LogP contribution in [0.2, 0.25) is 0 Å². The maximum atomic E-state index is 11.8. The van der Waals surface area contributed by atoms with Gasteiger partial charge in [0.1, 0.15) is 5.01 Å². The van der Waals surface area contributed by atoms with Crippen molar-refractivity contribution >= 4 is 43.4 Å². The summed E-state index contributed by atoms with van der Waals surface area (Å²) in [5, 5.41) is 3.66. The second-order valence-corrected chi connectivity index (χ2v) is 5.76. The molecule has 0 fully saturated rings. The summed E-state index contributed by atoms with van der Waals surface area (Å²) in [5.41, 5.74) is 0.956.